The van der Waals surface area contributed by atoms with E-state index in [1.54, 1.807) is 5.51 Å². The van der Waals surface area contributed by atoms with E-state index in [0.717, 1.165) is 21.6 Å². The normalized spacial score (nSPS) is 18.5. The zero-order chi connectivity index (χ0) is 15.5. The van der Waals surface area contributed by atoms with Crippen LogP contribution in [0.1, 0.15) is 20.4 Å². The molecule has 1 aliphatic heterocycles. The van der Waals surface area contributed by atoms with Crippen LogP contribution in [0.15, 0.2) is 5.51 Å². The minimum absolute atomic E-state index is 0.0540. The smallest absolute Gasteiger partial charge is 0.271 e. The van der Waals surface area contributed by atoms with E-state index in [9.17, 15) is 4.79 Å². The average Bonchev–Trinajstić information content (AvgIpc) is 3.15. The molecule has 1 N–H and O–H groups in total. The predicted molar refractivity (Wildman–Crippen MR) is 85.8 cm³/mol. The lowest BCUT2D eigenvalue weighted by atomic mass is 10.2. The maximum Gasteiger partial charge on any atom is 0.271 e. The highest BCUT2D eigenvalue weighted by Gasteiger charge is 2.23. The van der Waals surface area contributed by atoms with Gasteiger partial charge >= 0.3 is 0 Å². The fourth-order valence-electron chi connectivity index (χ4n) is 2.35. The second-order valence-electron chi connectivity index (χ2n) is 5.01. The van der Waals surface area contributed by atoms with Gasteiger partial charge in [-0.1, -0.05) is 11.3 Å². The Kier molecular flexibility index (Phi) is 4.65. The third-order valence-corrected chi connectivity index (χ3v) is 5.00. The van der Waals surface area contributed by atoms with E-state index in [0.29, 0.717) is 25.4 Å². The number of amides is 1. The van der Waals surface area contributed by atoms with Crippen molar-refractivity contribution in [2.24, 2.45) is 0 Å². The molecule has 1 atom stereocenters. The fraction of sp³-hybridized carbons (Fsp3) is 0.538. The lowest BCUT2D eigenvalue weighted by molar-refractivity contribution is 0.0396. The number of carbonyl (C=O) groups excluding carboxylic acids is 1. The summed E-state index contributed by atoms with van der Waals surface area (Å²) >= 11 is 3.04. The summed E-state index contributed by atoms with van der Waals surface area (Å²) in [5, 5.41) is 12.6. The first kappa shape index (κ1) is 15.3. The van der Waals surface area contributed by atoms with Crippen LogP contribution in [0.2, 0.25) is 0 Å². The maximum atomic E-state index is 12.2. The summed E-state index contributed by atoms with van der Waals surface area (Å²) in [6, 6.07) is 0. The number of carbonyl (C=O) groups is 1. The van der Waals surface area contributed by atoms with Crippen molar-refractivity contribution in [1.82, 2.24) is 20.5 Å². The van der Waals surface area contributed by atoms with Gasteiger partial charge in [0.1, 0.15) is 11.2 Å². The van der Waals surface area contributed by atoms with Crippen LogP contribution < -0.4 is 10.2 Å². The van der Waals surface area contributed by atoms with Crippen molar-refractivity contribution in [2.45, 2.75) is 20.0 Å². The summed E-state index contributed by atoms with van der Waals surface area (Å²) in [6.07, 6.45) is -0.0540. The molecular weight excluding hydrogens is 322 g/mol. The molecule has 2 aromatic heterocycles. The van der Waals surface area contributed by atoms with Crippen LogP contribution in [0.3, 0.4) is 0 Å². The first-order valence-electron chi connectivity index (χ1n) is 6.98. The summed E-state index contributed by atoms with van der Waals surface area (Å²) in [4.78, 5) is 19.5. The van der Waals surface area contributed by atoms with E-state index in [-0.39, 0.29) is 12.0 Å². The summed E-state index contributed by atoms with van der Waals surface area (Å²) < 4.78 is 5.71. The number of aromatic nitrogens is 3. The van der Waals surface area contributed by atoms with Crippen LogP contribution >= 0.6 is 22.7 Å². The topological polar surface area (TPSA) is 80.2 Å². The monoisotopic (exact) mass is 339 g/mol. The minimum Gasteiger partial charge on any atom is -0.373 e. The Labute approximate surface area is 136 Å². The number of nitrogens with one attached hydrogen (secondary N) is 1. The van der Waals surface area contributed by atoms with Crippen molar-refractivity contribution >= 4 is 33.7 Å². The van der Waals surface area contributed by atoms with E-state index < -0.39 is 0 Å². The molecule has 0 aliphatic carbocycles. The number of nitrogens with zero attached hydrogens (tertiary/aromatic N) is 4. The standard InChI is InChI=1S/C13H17N5O2S2/c1-8-11(16-9(2)22-8)12(19)14-5-10-6-18(3-4-20-10)13-17-15-7-21-13/h7,10H,3-6H2,1-2H3,(H,14,19)/t10-/m0/s1. The number of aryl methyl sites for hydroxylation is 2. The minimum atomic E-state index is -0.140. The van der Waals surface area contributed by atoms with Crippen LogP contribution in [0.5, 0.6) is 0 Å². The zero-order valence-electron chi connectivity index (χ0n) is 12.4. The van der Waals surface area contributed by atoms with Crippen LogP contribution in [0, 0.1) is 13.8 Å². The van der Waals surface area contributed by atoms with Crippen molar-refractivity contribution in [3.63, 3.8) is 0 Å². The summed E-state index contributed by atoms with van der Waals surface area (Å²) in [6.45, 7) is 6.39. The van der Waals surface area contributed by atoms with E-state index in [1.165, 1.54) is 22.7 Å². The average molecular weight is 339 g/mol. The Hall–Kier alpha value is -1.58. The first-order valence-corrected chi connectivity index (χ1v) is 8.68. The summed E-state index contributed by atoms with van der Waals surface area (Å²) in [7, 11) is 0. The van der Waals surface area contributed by atoms with Crippen molar-refractivity contribution in [3.8, 4) is 0 Å². The first-order chi connectivity index (χ1) is 10.6. The van der Waals surface area contributed by atoms with E-state index in [2.05, 4.69) is 25.4 Å². The Morgan fingerprint density at radius 1 is 1.55 bits per heavy atom. The van der Waals surface area contributed by atoms with Crippen LogP contribution in [-0.2, 0) is 4.74 Å². The molecule has 1 saturated heterocycles. The summed E-state index contributed by atoms with van der Waals surface area (Å²) in [5.41, 5.74) is 2.23. The van der Waals surface area contributed by atoms with E-state index >= 15 is 0 Å². The summed E-state index contributed by atoms with van der Waals surface area (Å²) in [5.74, 6) is -0.140. The van der Waals surface area contributed by atoms with Crippen molar-refractivity contribution < 1.29 is 9.53 Å². The van der Waals surface area contributed by atoms with Crippen LogP contribution in [0.25, 0.3) is 0 Å². The van der Waals surface area contributed by atoms with Gasteiger partial charge in [0.15, 0.2) is 0 Å². The number of thiazole rings is 1. The van der Waals surface area contributed by atoms with Gasteiger partial charge in [-0.2, -0.15) is 0 Å². The van der Waals surface area contributed by atoms with E-state index in [4.69, 9.17) is 4.74 Å². The van der Waals surface area contributed by atoms with Gasteiger partial charge < -0.3 is 15.0 Å². The molecule has 1 fully saturated rings. The molecule has 0 radical (unpaired) electrons. The molecule has 3 heterocycles. The van der Waals surface area contributed by atoms with Gasteiger partial charge in [-0.05, 0) is 13.8 Å². The van der Waals surface area contributed by atoms with Crippen molar-refractivity contribution in [1.29, 1.82) is 0 Å². The van der Waals surface area contributed by atoms with Gasteiger partial charge in [-0.25, -0.2) is 4.98 Å². The molecule has 7 nitrogen and oxygen atoms in total. The number of anilines is 1. The molecule has 3 rings (SSSR count). The third kappa shape index (κ3) is 3.42. The molecule has 22 heavy (non-hydrogen) atoms. The maximum absolute atomic E-state index is 12.2. The number of rotatable bonds is 4. The molecule has 9 heteroatoms. The third-order valence-electron chi connectivity index (χ3n) is 3.37. The molecule has 0 unspecified atom stereocenters. The van der Waals surface area contributed by atoms with Crippen LogP contribution in [-0.4, -0.2) is 53.4 Å². The predicted octanol–water partition coefficient (Wildman–Crippen LogP) is 1.25. The Balaban J connectivity index is 1.55. The lowest BCUT2D eigenvalue weighted by Gasteiger charge is -2.32. The lowest BCUT2D eigenvalue weighted by Crippen LogP contribution is -2.47. The van der Waals surface area contributed by atoms with Gasteiger partial charge in [-0.3, -0.25) is 4.79 Å². The second kappa shape index (κ2) is 6.67. The number of morpholine rings is 1. The Morgan fingerprint density at radius 2 is 2.41 bits per heavy atom. The highest BCUT2D eigenvalue weighted by atomic mass is 32.1. The fourth-order valence-corrected chi connectivity index (χ4v) is 3.76. The Morgan fingerprint density at radius 3 is 3.09 bits per heavy atom. The molecule has 1 amide bonds. The van der Waals surface area contributed by atoms with Crippen LogP contribution in [0.4, 0.5) is 5.13 Å². The quantitative estimate of drug-likeness (QED) is 0.903. The number of hydrogen-bond acceptors (Lipinski definition) is 8. The zero-order valence-corrected chi connectivity index (χ0v) is 14.0. The van der Waals surface area contributed by atoms with Crippen molar-refractivity contribution in [3.05, 3.63) is 21.1 Å². The SMILES string of the molecule is Cc1nc(C(=O)NC[C@H]2CN(c3nncs3)CCO2)c(C)s1. The van der Waals surface area contributed by atoms with Gasteiger partial charge in [0.05, 0.1) is 17.7 Å². The van der Waals surface area contributed by atoms with Gasteiger partial charge in [0.2, 0.25) is 5.13 Å². The van der Waals surface area contributed by atoms with Gasteiger partial charge in [0.25, 0.3) is 5.91 Å². The number of ether oxygens (including phenoxy) is 1. The molecule has 0 saturated carbocycles. The molecule has 0 bridgehead atoms. The van der Waals surface area contributed by atoms with E-state index in [1.807, 2.05) is 13.8 Å². The largest absolute Gasteiger partial charge is 0.373 e. The molecule has 0 aromatic carbocycles. The molecule has 1 aliphatic rings. The number of hydrogen-bond donors (Lipinski definition) is 1. The molecular formula is C13H17N5O2S2. The van der Waals surface area contributed by atoms with Gasteiger partial charge in [-0.15, -0.1) is 21.5 Å². The van der Waals surface area contributed by atoms with Crippen molar-refractivity contribution in [2.75, 3.05) is 31.1 Å². The molecule has 118 valence electrons. The highest BCUT2D eigenvalue weighted by molar-refractivity contribution is 7.13. The molecule has 0 spiro atoms. The second-order valence-corrected chi connectivity index (χ2v) is 7.23. The highest BCUT2D eigenvalue weighted by Crippen LogP contribution is 2.19. The Bertz CT molecular complexity index is 643. The van der Waals surface area contributed by atoms with Gasteiger partial charge in [0, 0.05) is 24.5 Å². The molecule has 2 aromatic rings.